The van der Waals surface area contributed by atoms with E-state index in [1.54, 1.807) is 0 Å². The van der Waals surface area contributed by atoms with E-state index in [1.165, 1.54) is 0 Å². The quantitative estimate of drug-likeness (QED) is 0.822. The lowest BCUT2D eigenvalue weighted by atomic mass is 10.0. The van der Waals surface area contributed by atoms with Crippen molar-refractivity contribution < 1.29 is 9.59 Å². The standard InChI is InChI=1S/C19H22N2O2/c1-14-6-5-9-16(12-14)13-17(19(20)23)21-18(22)11-10-15-7-3-2-4-8-15/h2-9,12,17H,10-11,13H2,1H3,(H2,20,23)(H,21,22)/t17-/m1/s1. The Bertz CT molecular complexity index is 668. The van der Waals surface area contributed by atoms with Gasteiger partial charge in [-0.1, -0.05) is 60.2 Å². The summed E-state index contributed by atoms with van der Waals surface area (Å²) in [7, 11) is 0. The van der Waals surface area contributed by atoms with E-state index in [2.05, 4.69) is 5.32 Å². The number of nitrogens with one attached hydrogen (secondary N) is 1. The Morgan fingerprint density at radius 3 is 2.39 bits per heavy atom. The zero-order valence-corrected chi connectivity index (χ0v) is 13.3. The van der Waals surface area contributed by atoms with Crippen LogP contribution in [0.2, 0.25) is 0 Å². The molecule has 0 unspecified atom stereocenters. The molecule has 4 heteroatoms. The molecule has 4 nitrogen and oxygen atoms in total. The van der Waals surface area contributed by atoms with Gasteiger partial charge < -0.3 is 11.1 Å². The Hall–Kier alpha value is -2.62. The highest BCUT2D eigenvalue weighted by atomic mass is 16.2. The molecule has 2 aromatic carbocycles. The first-order valence-electron chi connectivity index (χ1n) is 7.73. The van der Waals surface area contributed by atoms with Crippen molar-refractivity contribution in [2.24, 2.45) is 5.73 Å². The summed E-state index contributed by atoms with van der Waals surface area (Å²) in [6.07, 6.45) is 1.39. The number of primary amides is 1. The van der Waals surface area contributed by atoms with Crippen LogP contribution < -0.4 is 11.1 Å². The summed E-state index contributed by atoms with van der Waals surface area (Å²) in [6.45, 7) is 1.99. The van der Waals surface area contributed by atoms with E-state index in [-0.39, 0.29) is 5.91 Å². The maximum absolute atomic E-state index is 12.1. The van der Waals surface area contributed by atoms with Crippen molar-refractivity contribution in [3.05, 3.63) is 71.3 Å². The van der Waals surface area contributed by atoms with Gasteiger partial charge in [-0.15, -0.1) is 0 Å². The van der Waals surface area contributed by atoms with Crippen LogP contribution in [0.5, 0.6) is 0 Å². The predicted molar refractivity (Wildman–Crippen MR) is 90.8 cm³/mol. The molecule has 0 aliphatic carbocycles. The van der Waals surface area contributed by atoms with E-state index in [4.69, 9.17) is 5.73 Å². The van der Waals surface area contributed by atoms with E-state index in [1.807, 2.05) is 61.5 Å². The molecule has 120 valence electrons. The average molecular weight is 310 g/mol. The second-order valence-corrected chi connectivity index (χ2v) is 5.70. The molecule has 2 rings (SSSR count). The highest BCUT2D eigenvalue weighted by Gasteiger charge is 2.18. The molecule has 0 aromatic heterocycles. The van der Waals surface area contributed by atoms with E-state index in [0.29, 0.717) is 19.3 Å². The number of aryl methyl sites for hydroxylation is 2. The summed E-state index contributed by atoms with van der Waals surface area (Å²) >= 11 is 0. The van der Waals surface area contributed by atoms with Gasteiger partial charge in [-0.25, -0.2) is 0 Å². The first-order chi connectivity index (χ1) is 11.0. The molecule has 3 N–H and O–H groups in total. The largest absolute Gasteiger partial charge is 0.368 e. The van der Waals surface area contributed by atoms with Crippen molar-refractivity contribution >= 4 is 11.8 Å². The highest BCUT2D eigenvalue weighted by Crippen LogP contribution is 2.08. The monoisotopic (exact) mass is 310 g/mol. The van der Waals surface area contributed by atoms with Gasteiger partial charge in [0.05, 0.1) is 0 Å². The van der Waals surface area contributed by atoms with Gasteiger partial charge in [0.2, 0.25) is 11.8 Å². The summed E-state index contributed by atoms with van der Waals surface area (Å²) in [4.78, 5) is 23.7. The number of carbonyl (C=O) groups is 2. The number of rotatable bonds is 7. The fourth-order valence-corrected chi connectivity index (χ4v) is 2.47. The molecular weight excluding hydrogens is 288 g/mol. The number of amides is 2. The second-order valence-electron chi connectivity index (χ2n) is 5.70. The summed E-state index contributed by atoms with van der Waals surface area (Å²) in [5.74, 6) is -0.676. The lowest BCUT2D eigenvalue weighted by Crippen LogP contribution is -2.45. The molecule has 0 aliphatic heterocycles. The van der Waals surface area contributed by atoms with Crippen molar-refractivity contribution in [3.63, 3.8) is 0 Å². The van der Waals surface area contributed by atoms with Crippen molar-refractivity contribution in [1.29, 1.82) is 0 Å². The molecule has 0 spiro atoms. The van der Waals surface area contributed by atoms with E-state index in [9.17, 15) is 9.59 Å². The third kappa shape index (κ3) is 5.58. The Balaban J connectivity index is 1.91. The lowest BCUT2D eigenvalue weighted by Gasteiger charge is -2.16. The topological polar surface area (TPSA) is 72.2 Å². The van der Waals surface area contributed by atoms with E-state index < -0.39 is 11.9 Å². The molecule has 2 amide bonds. The molecule has 0 radical (unpaired) electrons. The number of hydrogen-bond donors (Lipinski definition) is 2. The molecule has 0 saturated carbocycles. The zero-order chi connectivity index (χ0) is 16.7. The molecule has 0 fully saturated rings. The summed E-state index contributed by atoms with van der Waals surface area (Å²) < 4.78 is 0. The van der Waals surface area contributed by atoms with Crippen molar-refractivity contribution in [2.75, 3.05) is 0 Å². The first-order valence-corrected chi connectivity index (χ1v) is 7.73. The lowest BCUT2D eigenvalue weighted by molar-refractivity contribution is -0.127. The smallest absolute Gasteiger partial charge is 0.240 e. The number of nitrogens with two attached hydrogens (primary N) is 1. The van der Waals surface area contributed by atoms with Crippen LogP contribution in [-0.2, 0) is 22.4 Å². The number of carbonyl (C=O) groups excluding carboxylic acids is 2. The molecule has 0 heterocycles. The van der Waals surface area contributed by atoms with Crippen molar-refractivity contribution in [2.45, 2.75) is 32.2 Å². The Kier molecular flexibility index (Phi) is 5.92. The van der Waals surface area contributed by atoms with Crippen LogP contribution >= 0.6 is 0 Å². The minimum atomic E-state index is -0.680. The van der Waals surface area contributed by atoms with Crippen LogP contribution in [-0.4, -0.2) is 17.9 Å². The molecule has 2 aromatic rings. The van der Waals surface area contributed by atoms with Crippen LogP contribution in [0.1, 0.15) is 23.1 Å². The summed E-state index contributed by atoms with van der Waals surface area (Å²) in [5.41, 5.74) is 8.61. The molecule has 0 bridgehead atoms. The van der Waals surface area contributed by atoms with E-state index in [0.717, 1.165) is 16.7 Å². The fourth-order valence-electron chi connectivity index (χ4n) is 2.47. The molecule has 0 saturated heterocycles. The van der Waals surface area contributed by atoms with Crippen LogP contribution in [0.15, 0.2) is 54.6 Å². The molecular formula is C19H22N2O2. The fraction of sp³-hybridized carbons (Fsp3) is 0.263. The maximum Gasteiger partial charge on any atom is 0.240 e. The predicted octanol–water partition coefficient (Wildman–Crippen LogP) is 2.14. The third-order valence-electron chi connectivity index (χ3n) is 3.68. The summed E-state index contributed by atoms with van der Waals surface area (Å²) in [6, 6.07) is 16.9. The van der Waals surface area contributed by atoms with Crippen LogP contribution in [0.4, 0.5) is 0 Å². The Morgan fingerprint density at radius 2 is 1.74 bits per heavy atom. The first kappa shape index (κ1) is 16.7. The maximum atomic E-state index is 12.1. The minimum absolute atomic E-state index is 0.162. The normalized spacial score (nSPS) is 11.7. The van der Waals surface area contributed by atoms with Crippen LogP contribution in [0.25, 0.3) is 0 Å². The molecule has 23 heavy (non-hydrogen) atoms. The van der Waals surface area contributed by atoms with Gasteiger partial charge in [-0.3, -0.25) is 9.59 Å². The summed E-state index contributed by atoms with van der Waals surface area (Å²) in [5, 5.41) is 2.74. The van der Waals surface area contributed by atoms with Gasteiger partial charge in [0.1, 0.15) is 6.04 Å². The molecule has 1 atom stereocenters. The van der Waals surface area contributed by atoms with Gasteiger partial charge in [0.15, 0.2) is 0 Å². The van der Waals surface area contributed by atoms with Crippen LogP contribution in [0.3, 0.4) is 0 Å². The van der Waals surface area contributed by atoms with E-state index >= 15 is 0 Å². The third-order valence-corrected chi connectivity index (χ3v) is 3.68. The Labute approximate surface area is 136 Å². The molecule has 0 aliphatic rings. The van der Waals surface area contributed by atoms with Gasteiger partial charge in [-0.05, 0) is 24.5 Å². The SMILES string of the molecule is Cc1cccc(C[C@@H](NC(=O)CCc2ccccc2)C(N)=O)c1. The van der Waals surface area contributed by atoms with Crippen LogP contribution in [0, 0.1) is 6.92 Å². The van der Waals surface area contributed by atoms with Gasteiger partial charge in [0.25, 0.3) is 0 Å². The van der Waals surface area contributed by atoms with Gasteiger partial charge in [0, 0.05) is 12.8 Å². The number of hydrogen-bond acceptors (Lipinski definition) is 2. The number of benzene rings is 2. The minimum Gasteiger partial charge on any atom is -0.368 e. The highest BCUT2D eigenvalue weighted by molar-refractivity contribution is 5.86. The van der Waals surface area contributed by atoms with Gasteiger partial charge >= 0.3 is 0 Å². The second kappa shape index (κ2) is 8.13. The van der Waals surface area contributed by atoms with Gasteiger partial charge in [-0.2, -0.15) is 0 Å². The Morgan fingerprint density at radius 1 is 1.04 bits per heavy atom. The van der Waals surface area contributed by atoms with Crippen molar-refractivity contribution in [1.82, 2.24) is 5.32 Å². The van der Waals surface area contributed by atoms with Crippen molar-refractivity contribution in [3.8, 4) is 0 Å². The average Bonchev–Trinajstić information content (AvgIpc) is 2.53. The zero-order valence-electron chi connectivity index (χ0n) is 13.3.